The highest BCUT2D eigenvalue weighted by molar-refractivity contribution is 4.79. The summed E-state index contributed by atoms with van der Waals surface area (Å²) in [6, 6.07) is 0. The van der Waals surface area contributed by atoms with Gasteiger partial charge in [-0.05, 0) is 32.2 Å². The Kier molecular flexibility index (Phi) is 3.00. The van der Waals surface area contributed by atoms with Crippen LogP contribution in [0.2, 0.25) is 0 Å². The average Bonchev–Trinajstić information content (AvgIpc) is 2.29. The van der Waals surface area contributed by atoms with Gasteiger partial charge in [-0.3, -0.25) is 0 Å². The van der Waals surface area contributed by atoms with Gasteiger partial charge in [0.15, 0.2) is 5.79 Å². The van der Waals surface area contributed by atoms with Crippen molar-refractivity contribution in [2.75, 3.05) is 13.2 Å². The van der Waals surface area contributed by atoms with Gasteiger partial charge >= 0.3 is 0 Å². The van der Waals surface area contributed by atoms with Gasteiger partial charge in [0.1, 0.15) is 0 Å². The largest absolute Gasteiger partial charge is 0.348 e. The molecule has 1 unspecified atom stereocenters. The highest BCUT2D eigenvalue weighted by atomic mass is 16.7. The molecule has 0 aliphatic carbocycles. The zero-order chi connectivity index (χ0) is 10.1. The van der Waals surface area contributed by atoms with Crippen molar-refractivity contribution in [1.29, 1.82) is 0 Å². The number of nitrogens with two attached hydrogens (primary N) is 1. The van der Waals surface area contributed by atoms with Gasteiger partial charge in [-0.25, -0.2) is 0 Å². The van der Waals surface area contributed by atoms with E-state index in [2.05, 4.69) is 13.8 Å². The molecule has 0 aromatic heterocycles. The summed E-state index contributed by atoms with van der Waals surface area (Å²) in [4.78, 5) is 0. The number of hydrogen-bond donors (Lipinski definition) is 1. The Hall–Kier alpha value is -0.120. The molecule has 78 valence electrons. The maximum atomic E-state index is 5.71. The van der Waals surface area contributed by atoms with E-state index in [4.69, 9.17) is 15.2 Å². The van der Waals surface area contributed by atoms with E-state index in [1.54, 1.807) is 0 Å². The number of rotatable bonds is 3. The van der Waals surface area contributed by atoms with Crippen LogP contribution in [0.1, 0.15) is 34.1 Å². The molecule has 1 aliphatic heterocycles. The van der Waals surface area contributed by atoms with Gasteiger partial charge in [0.25, 0.3) is 0 Å². The smallest absolute Gasteiger partial charge is 0.163 e. The fraction of sp³-hybridized carbons (Fsp3) is 1.00. The molecule has 0 bridgehead atoms. The molecular formula is C10H21NO2. The Morgan fingerprint density at radius 2 is 2.08 bits per heavy atom. The first-order valence-electron chi connectivity index (χ1n) is 4.86. The molecule has 13 heavy (non-hydrogen) atoms. The zero-order valence-corrected chi connectivity index (χ0v) is 9.09. The first-order chi connectivity index (χ1) is 5.85. The lowest BCUT2D eigenvalue weighted by Crippen LogP contribution is -2.30. The van der Waals surface area contributed by atoms with E-state index in [9.17, 15) is 0 Å². The summed E-state index contributed by atoms with van der Waals surface area (Å²) in [6.45, 7) is 9.58. The summed E-state index contributed by atoms with van der Waals surface area (Å²) in [7, 11) is 0. The topological polar surface area (TPSA) is 44.5 Å². The Morgan fingerprint density at radius 3 is 2.46 bits per heavy atom. The van der Waals surface area contributed by atoms with Crippen molar-refractivity contribution in [3.05, 3.63) is 0 Å². The Balaban J connectivity index is 2.40. The minimum absolute atomic E-state index is 0.147. The predicted molar refractivity (Wildman–Crippen MR) is 52.4 cm³/mol. The third-order valence-corrected chi connectivity index (χ3v) is 2.40. The lowest BCUT2D eigenvalue weighted by Gasteiger charge is -2.26. The Labute approximate surface area is 80.6 Å². The molecule has 1 fully saturated rings. The summed E-state index contributed by atoms with van der Waals surface area (Å²) >= 11 is 0. The van der Waals surface area contributed by atoms with Crippen LogP contribution in [-0.2, 0) is 9.47 Å². The van der Waals surface area contributed by atoms with Crippen molar-refractivity contribution in [2.24, 2.45) is 11.1 Å². The molecule has 1 rings (SSSR count). The fourth-order valence-electron chi connectivity index (χ4n) is 1.56. The highest BCUT2D eigenvalue weighted by Gasteiger charge is 2.35. The second kappa shape index (κ2) is 3.56. The quantitative estimate of drug-likeness (QED) is 0.728. The molecule has 0 amide bonds. The standard InChI is InChI=1S/C10H21NO2/c1-9(2,7-11)5-8-6-12-10(3,4)13-8/h8H,5-7,11H2,1-4H3. The van der Waals surface area contributed by atoms with E-state index >= 15 is 0 Å². The normalized spacial score (nSPS) is 27.9. The van der Waals surface area contributed by atoms with Gasteiger partial charge in [0.2, 0.25) is 0 Å². The van der Waals surface area contributed by atoms with Gasteiger partial charge in [-0.2, -0.15) is 0 Å². The summed E-state index contributed by atoms with van der Waals surface area (Å²) < 4.78 is 11.2. The van der Waals surface area contributed by atoms with Crippen molar-refractivity contribution in [3.63, 3.8) is 0 Å². The molecule has 3 nitrogen and oxygen atoms in total. The molecule has 0 aromatic carbocycles. The molecule has 1 heterocycles. The van der Waals surface area contributed by atoms with Crippen molar-refractivity contribution in [2.45, 2.75) is 46.0 Å². The van der Waals surface area contributed by atoms with Crippen molar-refractivity contribution in [1.82, 2.24) is 0 Å². The van der Waals surface area contributed by atoms with Gasteiger partial charge < -0.3 is 15.2 Å². The third-order valence-electron chi connectivity index (χ3n) is 2.40. The maximum Gasteiger partial charge on any atom is 0.163 e. The van der Waals surface area contributed by atoms with E-state index in [-0.39, 0.29) is 11.5 Å². The SMILES string of the molecule is CC(C)(CN)CC1COC(C)(C)O1. The molecular weight excluding hydrogens is 166 g/mol. The Morgan fingerprint density at radius 1 is 1.46 bits per heavy atom. The maximum absolute atomic E-state index is 5.71. The molecule has 0 spiro atoms. The van der Waals surface area contributed by atoms with Crippen LogP contribution in [0, 0.1) is 5.41 Å². The second-order valence-corrected chi connectivity index (χ2v) is 5.02. The van der Waals surface area contributed by atoms with Gasteiger partial charge in [0, 0.05) is 0 Å². The van der Waals surface area contributed by atoms with Crippen LogP contribution in [0.3, 0.4) is 0 Å². The molecule has 0 radical (unpaired) electrons. The minimum Gasteiger partial charge on any atom is -0.348 e. The van der Waals surface area contributed by atoms with Crippen LogP contribution in [-0.4, -0.2) is 25.0 Å². The molecule has 3 heteroatoms. The Bertz CT molecular complexity index is 178. The first-order valence-corrected chi connectivity index (χ1v) is 4.86. The second-order valence-electron chi connectivity index (χ2n) is 5.02. The van der Waals surface area contributed by atoms with Crippen LogP contribution < -0.4 is 5.73 Å². The third kappa shape index (κ3) is 3.25. The van der Waals surface area contributed by atoms with E-state index < -0.39 is 5.79 Å². The lowest BCUT2D eigenvalue weighted by molar-refractivity contribution is -0.141. The monoisotopic (exact) mass is 187 g/mol. The number of hydrogen-bond acceptors (Lipinski definition) is 3. The van der Waals surface area contributed by atoms with Crippen LogP contribution in [0.25, 0.3) is 0 Å². The molecule has 2 N–H and O–H groups in total. The van der Waals surface area contributed by atoms with Crippen LogP contribution in [0.5, 0.6) is 0 Å². The van der Waals surface area contributed by atoms with Gasteiger partial charge in [0.05, 0.1) is 12.7 Å². The van der Waals surface area contributed by atoms with E-state index in [0.29, 0.717) is 13.2 Å². The van der Waals surface area contributed by atoms with Crippen molar-refractivity contribution in [3.8, 4) is 0 Å². The van der Waals surface area contributed by atoms with Gasteiger partial charge in [-0.15, -0.1) is 0 Å². The first kappa shape index (κ1) is 11.0. The highest BCUT2D eigenvalue weighted by Crippen LogP contribution is 2.30. The van der Waals surface area contributed by atoms with Crippen molar-refractivity contribution < 1.29 is 9.47 Å². The van der Waals surface area contributed by atoms with Crippen LogP contribution in [0.4, 0.5) is 0 Å². The van der Waals surface area contributed by atoms with Crippen LogP contribution >= 0.6 is 0 Å². The summed E-state index contributed by atoms with van der Waals surface area (Å²) in [6.07, 6.45) is 1.17. The average molecular weight is 187 g/mol. The molecule has 0 saturated carbocycles. The van der Waals surface area contributed by atoms with E-state index in [0.717, 1.165) is 6.42 Å². The van der Waals surface area contributed by atoms with E-state index in [1.807, 2.05) is 13.8 Å². The van der Waals surface area contributed by atoms with Crippen LogP contribution in [0.15, 0.2) is 0 Å². The summed E-state index contributed by atoms with van der Waals surface area (Å²) in [5.74, 6) is -0.407. The molecule has 1 aliphatic rings. The number of ether oxygens (including phenoxy) is 2. The predicted octanol–water partition coefficient (Wildman–Crippen LogP) is 1.51. The molecule has 0 aromatic rings. The summed E-state index contributed by atoms with van der Waals surface area (Å²) in [5, 5.41) is 0. The zero-order valence-electron chi connectivity index (χ0n) is 9.09. The molecule has 1 atom stereocenters. The van der Waals surface area contributed by atoms with Crippen molar-refractivity contribution >= 4 is 0 Å². The van der Waals surface area contributed by atoms with E-state index in [1.165, 1.54) is 0 Å². The lowest BCUT2D eigenvalue weighted by atomic mass is 9.87. The summed E-state index contributed by atoms with van der Waals surface area (Å²) in [5.41, 5.74) is 5.80. The van der Waals surface area contributed by atoms with Gasteiger partial charge in [-0.1, -0.05) is 13.8 Å². The molecule has 1 saturated heterocycles. The fourth-order valence-corrected chi connectivity index (χ4v) is 1.56. The minimum atomic E-state index is -0.407.